The number of nitrogens with zero attached hydrogens (tertiary/aromatic N) is 3. The van der Waals surface area contributed by atoms with E-state index in [4.69, 9.17) is 4.99 Å². The monoisotopic (exact) mass is 552 g/mol. The largest absolute Gasteiger partial charge is 0.357 e. The Kier molecular flexibility index (Phi) is 11.0. The van der Waals surface area contributed by atoms with Crippen molar-refractivity contribution in [3.05, 3.63) is 47.3 Å². The van der Waals surface area contributed by atoms with E-state index in [9.17, 15) is 4.79 Å². The lowest BCUT2D eigenvalue weighted by Gasteiger charge is -2.21. The number of carbonyl (C=O) groups is 1. The van der Waals surface area contributed by atoms with E-state index in [1.165, 1.54) is 19.3 Å². The van der Waals surface area contributed by atoms with Crippen molar-refractivity contribution in [1.29, 1.82) is 0 Å². The highest BCUT2D eigenvalue weighted by Crippen LogP contribution is 2.23. The number of guanidine groups is 1. The van der Waals surface area contributed by atoms with Gasteiger partial charge < -0.3 is 16.0 Å². The van der Waals surface area contributed by atoms with Crippen molar-refractivity contribution in [3.63, 3.8) is 0 Å². The van der Waals surface area contributed by atoms with Crippen LogP contribution < -0.4 is 16.0 Å². The Morgan fingerprint density at radius 2 is 1.81 bits per heavy atom. The van der Waals surface area contributed by atoms with Crippen LogP contribution in [-0.2, 0) is 11.3 Å². The fourth-order valence-corrected chi connectivity index (χ4v) is 4.11. The molecule has 0 bridgehead atoms. The SMILES string of the molecule is CCNC(=NCc1ccccc1-n1nc(C)cc1C)NCCNC(=O)C1CCCCC1.I. The molecule has 0 saturated heterocycles. The molecule has 3 N–H and O–H groups in total. The van der Waals surface area contributed by atoms with Crippen LogP contribution in [0.4, 0.5) is 0 Å². The van der Waals surface area contributed by atoms with Crippen molar-refractivity contribution < 1.29 is 4.79 Å². The van der Waals surface area contributed by atoms with Crippen molar-refractivity contribution in [2.45, 2.75) is 59.4 Å². The van der Waals surface area contributed by atoms with Gasteiger partial charge in [0.15, 0.2) is 5.96 Å². The highest BCUT2D eigenvalue weighted by Gasteiger charge is 2.20. The summed E-state index contributed by atoms with van der Waals surface area (Å²) in [6.45, 7) is 8.67. The molecular formula is C24H37IN6O. The van der Waals surface area contributed by atoms with Gasteiger partial charge in [-0.15, -0.1) is 24.0 Å². The highest BCUT2D eigenvalue weighted by molar-refractivity contribution is 14.0. The molecule has 0 radical (unpaired) electrons. The van der Waals surface area contributed by atoms with E-state index < -0.39 is 0 Å². The van der Waals surface area contributed by atoms with Gasteiger partial charge in [-0.3, -0.25) is 4.79 Å². The summed E-state index contributed by atoms with van der Waals surface area (Å²) in [6.07, 6.45) is 5.66. The van der Waals surface area contributed by atoms with Gasteiger partial charge in [0.05, 0.1) is 17.9 Å². The van der Waals surface area contributed by atoms with E-state index in [1.807, 2.05) is 30.7 Å². The van der Waals surface area contributed by atoms with E-state index >= 15 is 0 Å². The average molecular weight is 553 g/mol. The molecule has 0 spiro atoms. The van der Waals surface area contributed by atoms with Crippen LogP contribution in [0.5, 0.6) is 0 Å². The molecule has 7 nitrogen and oxygen atoms in total. The number of hydrogen-bond acceptors (Lipinski definition) is 3. The van der Waals surface area contributed by atoms with Crippen LogP contribution in [0.1, 0.15) is 56.0 Å². The molecule has 2 aromatic rings. The van der Waals surface area contributed by atoms with Gasteiger partial charge in [0, 0.05) is 31.2 Å². The maximum atomic E-state index is 12.3. The van der Waals surface area contributed by atoms with Gasteiger partial charge in [0.25, 0.3) is 0 Å². The van der Waals surface area contributed by atoms with E-state index in [-0.39, 0.29) is 35.8 Å². The smallest absolute Gasteiger partial charge is 0.223 e. The second kappa shape index (κ2) is 13.4. The zero-order valence-corrected chi connectivity index (χ0v) is 21.8. The summed E-state index contributed by atoms with van der Waals surface area (Å²) in [5, 5.41) is 14.3. The first-order valence-corrected chi connectivity index (χ1v) is 11.5. The summed E-state index contributed by atoms with van der Waals surface area (Å²) >= 11 is 0. The number of nitrogens with one attached hydrogen (secondary N) is 3. The number of rotatable bonds is 8. The fourth-order valence-electron chi connectivity index (χ4n) is 4.11. The molecule has 1 aliphatic rings. The first kappa shape index (κ1) is 26.2. The molecule has 3 rings (SSSR count). The van der Waals surface area contributed by atoms with Crippen molar-refractivity contribution >= 4 is 35.8 Å². The molecular weight excluding hydrogens is 515 g/mol. The van der Waals surface area contributed by atoms with Gasteiger partial charge in [-0.1, -0.05) is 37.5 Å². The number of aromatic nitrogens is 2. The molecule has 1 aromatic carbocycles. The summed E-state index contributed by atoms with van der Waals surface area (Å²) < 4.78 is 1.97. The topological polar surface area (TPSA) is 83.3 Å². The zero-order chi connectivity index (χ0) is 22.1. The second-order valence-electron chi connectivity index (χ2n) is 8.22. The Hall–Kier alpha value is -2.10. The Bertz CT molecular complexity index is 888. The van der Waals surface area contributed by atoms with E-state index in [0.29, 0.717) is 19.6 Å². The minimum Gasteiger partial charge on any atom is -0.357 e. The molecule has 1 fully saturated rings. The number of benzene rings is 1. The van der Waals surface area contributed by atoms with Crippen LogP contribution in [0.25, 0.3) is 5.69 Å². The highest BCUT2D eigenvalue weighted by atomic mass is 127. The first-order valence-electron chi connectivity index (χ1n) is 11.5. The molecule has 0 unspecified atom stereocenters. The molecule has 0 atom stereocenters. The Morgan fingerprint density at radius 1 is 1.09 bits per heavy atom. The van der Waals surface area contributed by atoms with Crippen LogP contribution >= 0.6 is 24.0 Å². The van der Waals surface area contributed by atoms with Gasteiger partial charge in [-0.25, -0.2) is 9.67 Å². The summed E-state index contributed by atoms with van der Waals surface area (Å²) in [5.74, 6) is 1.14. The number of para-hydroxylation sites is 1. The molecule has 1 heterocycles. The van der Waals surface area contributed by atoms with Crippen molar-refractivity contribution in [2.75, 3.05) is 19.6 Å². The molecule has 176 valence electrons. The Labute approximate surface area is 208 Å². The van der Waals surface area contributed by atoms with Crippen LogP contribution in [-0.4, -0.2) is 41.3 Å². The third kappa shape index (κ3) is 7.50. The standard InChI is InChI=1S/C24H36N6O.HI/c1-4-25-24(27-15-14-26-23(31)20-10-6-5-7-11-20)28-17-21-12-8-9-13-22(21)30-19(3)16-18(2)29-30;/h8-9,12-13,16,20H,4-7,10-11,14-15,17H2,1-3H3,(H,26,31)(H2,25,27,28);1H. The normalized spacial score (nSPS) is 14.5. The molecule has 1 saturated carbocycles. The molecule has 1 aliphatic carbocycles. The third-order valence-electron chi connectivity index (χ3n) is 5.67. The van der Waals surface area contributed by atoms with Crippen molar-refractivity contribution in [3.8, 4) is 5.69 Å². The van der Waals surface area contributed by atoms with Gasteiger partial charge >= 0.3 is 0 Å². The van der Waals surface area contributed by atoms with Gasteiger partial charge in [0.1, 0.15) is 0 Å². The lowest BCUT2D eigenvalue weighted by Crippen LogP contribution is -2.42. The predicted molar refractivity (Wildman–Crippen MR) is 141 cm³/mol. The summed E-state index contributed by atoms with van der Waals surface area (Å²) in [6, 6.07) is 10.3. The van der Waals surface area contributed by atoms with Crippen molar-refractivity contribution in [1.82, 2.24) is 25.7 Å². The summed E-state index contributed by atoms with van der Waals surface area (Å²) in [4.78, 5) is 17.0. The minimum atomic E-state index is 0. The average Bonchev–Trinajstić information content (AvgIpc) is 3.13. The van der Waals surface area contributed by atoms with Crippen LogP contribution in [0, 0.1) is 19.8 Å². The molecule has 1 amide bonds. The zero-order valence-electron chi connectivity index (χ0n) is 19.5. The molecule has 8 heteroatoms. The quantitative estimate of drug-likeness (QED) is 0.201. The Morgan fingerprint density at radius 3 is 2.50 bits per heavy atom. The maximum Gasteiger partial charge on any atom is 0.223 e. The van der Waals surface area contributed by atoms with Gasteiger partial charge in [-0.2, -0.15) is 5.10 Å². The van der Waals surface area contributed by atoms with E-state index in [2.05, 4.69) is 46.2 Å². The van der Waals surface area contributed by atoms with Crippen LogP contribution in [0.15, 0.2) is 35.3 Å². The second-order valence-corrected chi connectivity index (χ2v) is 8.22. The maximum absolute atomic E-state index is 12.3. The van der Waals surface area contributed by atoms with Crippen molar-refractivity contribution in [2.24, 2.45) is 10.9 Å². The van der Waals surface area contributed by atoms with Crippen LogP contribution in [0.2, 0.25) is 0 Å². The first-order chi connectivity index (χ1) is 15.1. The predicted octanol–water partition coefficient (Wildman–Crippen LogP) is 3.86. The number of amides is 1. The minimum absolute atomic E-state index is 0. The lowest BCUT2D eigenvalue weighted by atomic mass is 9.89. The van der Waals surface area contributed by atoms with E-state index in [0.717, 1.165) is 48.0 Å². The number of halogens is 1. The van der Waals surface area contributed by atoms with Crippen LogP contribution in [0.3, 0.4) is 0 Å². The van der Waals surface area contributed by atoms with Gasteiger partial charge in [0.2, 0.25) is 5.91 Å². The number of hydrogen-bond donors (Lipinski definition) is 3. The molecule has 32 heavy (non-hydrogen) atoms. The summed E-state index contributed by atoms with van der Waals surface area (Å²) in [7, 11) is 0. The fraction of sp³-hybridized carbons (Fsp3) is 0.542. The molecule has 1 aromatic heterocycles. The third-order valence-corrected chi connectivity index (χ3v) is 5.67. The Balaban J connectivity index is 0.00000363. The number of carbonyl (C=O) groups excluding carboxylic acids is 1. The molecule has 0 aliphatic heterocycles. The number of aliphatic imine (C=N–C) groups is 1. The number of aryl methyl sites for hydroxylation is 2. The summed E-state index contributed by atoms with van der Waals surface area (Å²) in [5.41, 5.74) is 4.26. The lowest BCUT2D eigenvalue weighted by molar-refractivity contribution is -0.125. The van der Waals surface area contributed by atoms with Gasteiger partial charge in [-0.05, 0) is 51.3 Å². The van der Waals surface area contributed by atoms with E-state index in [1.54, 1.807) is 0 Å².